The molecule has 8 heteroatoms. The van der Waals surface area contributed by atoms with E-state index in [4.69, 9.17) is 20.9 Å². The van der Waals surface area contributed by atoms with Gasteiger partial charge in [0, 0.05) is 29.8 Å². The number of amides is 1. The topological polar surface area (TPSA) is 82.2 Å². The van der Waals surface area contributed by atoms with E-state index in [0.717, 1.165) is 12.0 Å². The van der Waals surface area contributed by atoms with Gasteiger partial charge in [0.25, 0.3) is 5.91 Å². The van der Waals surface area contributed by atoms with Crippen molar-refractivity contribution in [3.05, 3.63) is 58.1 Å². The van der Waals surface area contributed by atoms with Crippen LogP contribution in [0.4, 0.5) is 0 Å². The highest BCUT2D eigenvalue weighted by Gasteiger charge is 2.23. The van der Waals surface area contributed by atoms with Crippen molar-refractivity contribution in [1.29, 1.82) is 0 Å². The lowest BCUT2D eigenvalue weighted by atomic mass is 10.1. The van der Waals surface area contributed by atoms with Crippen LogP contribution >= 0.6 is 11.6 Å². The number of halogens is 1. The van der Waals surface area contributed by atoms with E-state index in [0.29, 0.717) is 53.9 Å². The van der Waals surface area contributed by atoms with E-state index in [9.17, 15) is 4.79 Å². The quantitative estimate of drug-likeness (QED) is 0.728. The van der Waals surface area contributed by atoms with E-state index in [1.807, 2.05) is 29.1 Å². The zero-order valence-corrected chi connectivity index (χ0v) is 15.6. The molecule has 7 nitrogen and oxygen atoms in total. The van der Waals surface area contributed by atoms with Crippen molar-refractivity contribution < 1.29 is 14.1 Å². The minimum absolute atomic E-state index is 0.243. The summed E-state index contributed by atoms with van der Waals surface area (Å²) in [5.74, 6) is 0.212. The monoisotopic (exact) mass is 386 g/mol. The average Bonchev–Trinajstić information content (AvgIpc) is 3.26. The number of rotatable bonds is 5. The van der Waals surface area contributed by atoms with Gasteiger partial charge in [-0.15, -0.1) is 0 Å². The number of nitrogens with zero attached hydrogens (tertiary/aromatic N) is 3. The van der Waals surface area contributed by atoms with E-state index >= 15 is 0 Å². The zero-order chi connectivity index (χ0) is 18.8. The van der Waals surface area contributed by atoms with E-state index in [1.165, 1.54) is 5.69 Å². The molecule has 0 saturated heterocycles. The standard InChI is InChI=1S/C19H19ClN4O3/c1-12-17(18(23-27-12)14-4-2-3-5-15(14)20)19(25)21-7-8-24-16-6-9-26-11-13(16)10-22-24/h2-5,10H,6-9,11H2,1H3,(H,21,25). The van der Waals surface area contributed by atoms with Gasteiger partial charge in [-0.1, -0.05) is 35.0 Å². The molecule has 0 atom stereocenters. The number of carbonyl (C=O) groups excluding carboxylic acids is 1. The van der Waals surface area contributed by atoms with Gasteiger partial charge in [-0.25, -0.2) is 0 Å². The van der Waals surface area contributed by atoms with Gasteiger partial charge in [-0.05, 0) is 13.0 Å². The van der Waals surface area contributed by atoms with E-state index < -0.39 is 0 Å². The smallest absolute Gasteiger partial charge is 0.257 e. The molecule has 3 aromatic rings. The maximum absolute atomic E-state index is 12.7. The van der Waals surface area contributed by atoms with Crippen LogP contribution in [-0.4, -0.2) is 34.0 Å². The molecule has 0 unspecified atom stereocenters. The number of ether oxygens (including phenoxy) is 1. The van der Waals surface area contributed by atoms with Crippen LogP contribution in [0.2, 0.25) is 5.02 Å². The van der Waals surface area contributed by atoms with Crippen LogP contribution < -0.4 is 5.32 Å². The Morgan fingerprint density at radius 1 is 1.37 bits per heavy atom. The van der Waals surface area contributed by atoms with Gasteiger partial charge in [0.15, 0.2) is 0 Å². The molecule has 140 valence electrons. The first-order valence-corrected chi connectivity index (χ1v) is 9.13. The van der Waals surface area contributed by atoms with E-state index in [2.05, 4.69) is 15.6 Å². The number of hydrogen-bond acceptors (Lipinski definition) is 5. The molecule has 0 bridgehead atoms. The lowest BCUT2D eigenvalue weighted by molar-refractivity contribution is 0.0949. The van der Waals surface area contributed by atoms with Crippen LogP contribution in [0.5, 0.6) is 0 Å². The third-order valence-corrected chi connectivity index (χ3v) is 4.93. The lowest BCUT2D eigenvalue weighted by Crippen LogP contribution is -2.29. The summed E-state index contributed by atoms with van der Waals surface area (Å²) in [6.07, 6.45) is 2.67. The molecule has 0 spiro atoms. The second kappa shape index (κ2) is 7.54. The van der Waals surface area contributed by atoms with Gasteiger partial charge in [0.2, 0.25) is 0 Å². The normalized spacial score (nSPS) is 13.4. The molecular weight excluding hydrogens is 368 g/mol. The first-order valence-electron chi connectivity index (χ1n) is 8.76. The van der Waals surface area contributed by atoms with Crippen LogP contribution in [-0.2, 0) is 24.3 Å². The fourth-order valence-corrected chi connectivity index (χ4v) is 3.47. The largest absolute Gasteiger partial charge is 0.376 e. The maximum atomic E-state index is 12.7. The molecule has 1 aromatic carbocycles. The molecule has 0 fully saturated rings. The highest BCUT2D eigenvalue weighted by Crippen LogP contribution is 2.30. The predicted octanol–water partition coefficient (Wildman–Crippen LogP) is 3.00. The van der Waals surface area contributed by atoms with E-state index in [-0.39, 0.29) is 5.91 Å². The van der Waals surface area contributed by atoms with Crippen molar-refractivity contribution in [2.24, 2.45) is 0 Å². The molecule has 1 N–H and O–H groups in total. The predicted molar refractivity (Wildman–Crippen MR) is 99.6 cm³/mol. The Balaban J connectivity index is 1.47. The number of aromatic nitrogens is 3. The second-order valence-electron chi connectivity index (χ2n) is 6.34. The number of benzene rings is 1. The first kappa shape index (κ1) is 17.8. The minimum Gasteiger partial charge on any atom is -0.376 e. The van der Waals surface area contributed by atoms with Crippen molar-refractivity contribution >= 4 is 17.5 Å². The summed E-state index contributed by atoms with van der Waals surface area (Å²) in [6.45, 7) is 4.05. The van der Waals surface area contributed by atoms with Gasteiger partial charge in [-0.3, -0.25) is 9.48 Å². The third kappa shape index (κ3) is 3.48. The summed E-state index contributed by atoms with van der Waals surface area (Å²) in [7, 11) is 0. The highest BCUT2D eigenvalue weighted by molar-refractivity contribution is 6.33. The first-order chi connectivity index (χ1) is 13.1. The maximum Gasteiger partial charge on any atom is 0.257 e. The Hall–Kier alpha value is -2.64. The summed E-state index contributed by atoms with van der Waals surface area (Å²) < 4.78 is 12.6. The minimum atomic E-state index is -0.243. The second-order valence-corrected chi connectivity index (χ2v) is 6.75. The highest BCUT2D eigenvalue weighted by atomic mass is 35.5. The summed E-state index contributed by atoms with van der Waals surface area (Å²) >= 11 is 6.25. The molecule has 3 heterocycles. The summed E-state index contributed by atoms with van der Waals surface area (Å²) in [4.78, 5) is 12.7. The SMILES string of the molecule is Cc1onc(-c2ccccc2Cl)c1C(=O)NCCn1ncc2c1CCOC2. The Bertz CT molecular complexity index is 979. The van der Waals surface area contributed by atoms with Crippen LogP contribution in [0.1, 0.15) is 27.4 Å². The molecular formula is C19H19ClN4O3. The van der Waals surface area contributed by atoms with Crippen LogP contribution in [0.3, 0.4) is 0 Å². The van der Waals surface area contributed by atoms with Gasteiger partial charge >= 0.3 is 0 Å². The van der Waals surface area contributed by atoms with E-state index in [1.54, 1.807) is 13.0 Å². The Kier molecular flexibility index (Phi) is 4.96. The third-order valence-electron chi connectivity index (χ3n) is 4.60. The van der Waals surface area contributed by atoms with Crippen molar-refractivity contribution in [3.8, 4) is 11.3 Å². The zero-order valence-electron chi connectivity index (χ0n) is 14.9. The number of hydrogen-bond donors (Lipinski definition) is 1. The Labute approximate surface area is 161 Å². The molecule has 0 radical (unpaired) electrons. The van der Waals surface area contributed by atoms with Crippen molar-refractivity contribution in [3.63, 3.8) is 0 Å². The number of carbonyl (C=O) groups is 1. The molecule has 1 aliphatic heterocycles. The summed E-state index contributed by atoms with van der Waals surface area (Å²) in [6, 6.07) is 7.24. The Morgan fingerprint density at radius 2 is 2.22 bits per heavy atom. The van der Waals surface area contributed by atoms with Crippen LogP contribution in [0.15, 0.2) is 35.0 Å². The fraction of sp³-hybridized carbons (Fsp3) is 0.316. The molecule has 0 aliphatic carbocycles. The molecule has 4 rings (SSSR count). The molecule has 1 amide bonds. The van der Waals surface area contributed by atoms with Gasteiger partial charge in [0.05, 0.1) is 31.0 Å². The van der Waals surface area contributed by atoms with Crippen molar-refractivity contribution in [2.45, 2.75) is 26.5 Å². The van der Waals surface area contributed by atoms with Crippen LogP contribution in [0, 0.1) is 6.92 Å². The average molecular weight is 387 g/mol. The molecule has 2 aromatic heterocycles. The van der Waals surface area contributed by atoms with Gasteiger partial charge in [-0.2, -0.15) is 5.10 Å². The lowest BCUT2D eigenvalue weighted by Gasteiger charge is -2.14. The van der Waals surface area contributed by atoms with Crippen LogP contribution in [0.25, 0.3) is 11.3 Å². The van der Waals surface area contributed by atoms with Crippen molar-refractivity contribution in [2.75, 3.05) is 13.2 Å². The molecule has 27 heavy (non-hydrogen) atoms. The fourth-order valence-electron chi connectivity index (χ4n) is 3.24. The molecule has 0 saturated carbocycles. The van der Waals surface area contributed by atoms with Gasteiger partial charge in [0.1, 0.15) is 17.0 Å². The number of aryl methyl sites for hydroxylation is 1. The van der Waals surface area contributed by atoms with Crippen molar-refractivity contribution in [1.82, 2.24) is 20.3 Å². The number of nitrogens with one attached hydrogen (secondary N) is 1. The molecule has 1 aliphatic rings. The summed E-state index contributed by atoms with van der Waals surface area (Å²) in [5.41, 5.74) is 3.81. The Morgan fingerprint density at radius 3 is 3.07 bits per heavy atom. The number of fused-ring (bicyclic) bond motifs is 1. The summed E-state index contributed by atoms with van der Waals surface area (Å²) in [5, 5.41) is 11.9. The van der Waals surface area contributed by atoms with Gasteiger partial charge < -0.3 is 14.6 Å².